The second-order valence-corrected chi connectivity index (χ2v) is 16.0. The van der Waals surface area contributed by atoms with E-state index in [9.17, 15) is 0 Å². The highest BCUT2D eigenvalue weighted by Crippen LogP contribution is 2.37. The number of anilines is 2. The molecule has 4 nitrogen and oxygen atoms in total. The Morgan fingerprint density at radius 2 is 1.02 bits per heavy atom. The molecule has 2 aromatic carbocycles. The number of nitrogens with zero attached hydrogens (tertiary/aromatic N) is 4. The van der Waals surface area contributed by atoms with Gasteiger partial charge in [-0.1, -0.05) is 10.8 Å². The second kappa shape index (κ2) is 14.3. The molecule has 6 heterocycles. The summed E-state index contributed by atoms with van der Waals surface area (Å²) in [6.07, 6.45) is 23.7. The van der Waals surface area contributed by atoms with E-state index < -0.39 is 0 Å². The molecule has 0 aliphatic carbocycles. The highest BCUT2D eigenvalue weighted by Gasteiger charge is 2.25. The summed E-state index contributed by atoms with van der Waals surface area (Å²) in [6.45, 7) is 5.91. The zero-order valence-corrected chi connectivity index (χ0v) is 29.1. The normalized spacial score (nSPS) is 16.9. The molecule has 0 bridgehead atoms. The average Bonchev–Trinajstić information content (AvgIpc) is 3.11. The Kier molecular flexibility index (Phi) is 9.40. The molecule has 8 rings (SSSR count). The first-order valence-electron chi connectivity index (χ1n) is 17.7. The summed E-state index contributed by atoms with van der Waals surface area (Å²) in [4.78, 5) is 5.25. The molecule has 4 aliphatic rings. The molecule has 2 aromatic heterocycles. The maximum absolute atomic E-state index is 2.62. The summed E-state index contributed by atoms with van der Waals surface area (Å²) < 4.78 is 4.76. The molecule has 0 atom stereocenters. The molecular weight excluding hydrogens is 613 g/mol. The molecule has 0 spiro atoms. The highest BCUT2D eigenvalue weighted by atomic mass is 33.1. The van der Waals surface area contributed by atoms with Crippen molar-refractivity contribution in [3.8, 4) is 0 Å². The van der Waals surface area contributed by atoms with Crippen LogP contribution < -0.4 is 18.9 Å². The molecule has 47 heavy (non-hydrogen) atoms. The van der Waals surface area contributed by atoms with Gasteiger partial charge in [-0.05, 0) is 144 Å². The van der Waals surface area contributed by atoms with Crippen molar-refractivity contribution >= 4 is 57.3 Å². The van der Waals surface area contributed by atoms with E-state index in [1.54, 1.807) is 33.6 Å². The van der Waals surface area contributed by atoms with Gasteiger partial charge in [0.15, 0.2) is 18.9 Å². The molecule has 0 radical (unpaired) electrons. The molecule has 240 valence electrons. The topological polar surface area (TPSA) is 14.2 Å². The molecule has 0 N–H and O–H groups in total. The number of rotatable bonds is 10. The van der Waals surface area contributed by atoms with Crippen molar-refractivity contribution < 1.29 is 9.13 Å². The summed E-state index contributed by atoms with van der Waals surface area (Å²) in [5.41, 5.74) is 14.5. The monoisotopic (exact) mass is 658 g/mol. The van der Waals surface area contributed by atoms with E-state index in [1.807, 2.05) is 21.6 Å². The third-order valence-electron chi connectivity index (χ3n) is 10.2. The summed E-state index contributed by atoms with van der Waals surface area (Å²) >= 11 is 0. The Morgan fingerprint density at radius 1 is 0.553 bits per heavy atom. The van der Waals surface area contributed by atoms with Gasteiger partial charge in [-0.3, -0.25) is 0 Å². The zero-order valence-electron chi connectivity index (χ0n) is 27.4. The van der Waals surface area contributed by atoms with Gasteiger partial charge in [0.05, 0.1) is 5.75 Å². The van der Waals surface area contributed by atoms with Gasteiger partial charge in [-0.25, -0.2) is 0 Å². The SMILES string of the molecule is C(=C\c1cccc[n+]1CCSSC[n+]1ccccc1/C=C/c1cc2c3c(c1)CCCN3CCC2)/c1cc2c3c(c1)CCCN3CCC2. The van der Waals surface area contributed by atoms with Crippen LogP contribution in [-0.2, 0) is 38.1 Å². The van der Waals surface area contributed by atoms with Crippen LogP contribution in [0.5, 0.6) is 0 Å². The molecule has 0 unspecified atom stereocenters. The number of pyridine rings is 2. The first-order chi connectivity index (χ1) is 23.3. The molecule has 0 fully saturated rings. The molecular formula is C41H46N4S2+2. The van der Waals surface area contributed by atoms with Crippen LogP contribution in [0.15, 0.2) is 73.1 Å². The first kappa shape index (κ1) is 30.8. The van der Waals surface area contributed by atoms with E-state index >= 15 is 0 Å². The number of benzene rings is 2. The van der Waals surface area contributed by atoms with Crippen LogP contribution in [0, 0.1) is 0 Å². The van der Waals surface area contributed by atoms with Crippen LogP contribution in [0.3, 0.4) is 0 Å². The van der Waals surface area contributed by atoms with Gasteiger partial charge >= 0.3 is 0 Å². The Hall–Kier alpha value is -3.48. The standard InChI is InChI=1S/C41H46N4S2/c1-3-19-42(38(13-1)17-15-32-27-34-9-5-21-43-22-6-10-35(28-32)40(34)43)25-26-46-47-31-45-20-4-2-14-39(45)18-16-33-29-36-11-7-23-44-24-8-12-37(30-33)41(36)44/h1-4,13-20,27-30H,5-12,21-26,31H2/q+2. The number of hydrogen-bond acceptors (Lipinski definition) is 4. The predicted molar refractivity (Wildman–Crippen MR) is 202 cm³/mol. The number of aryl methyl sites for hydroxylation is 5. The smallest absolute Gasteiger partial charge is 0.205 e. The fourth-order valence-electron chi connectivity index (χ4n) is 8.11. The maximum Gasteiger partial charge on any atom is 0.205 e. The molecule has 0 amide bonds. The minimum Gasteiger partial charge on any atom is -0.371 e. The summed E-state index contributed by atoms with van der Waals surface area (Å²) in [5, 5.41) is 0. The number of hydrogen-bond donors (Lipinski definition) is 0. The predicted octanol–water partition coefficient (Wildman–Crippen LogP) is 8.04. The largest absolute Gasteiger partial charge is 0.371 e. The Morgan fingerprint density at radius 3 is 1.53 bits per heavy atom. The van der Waals surface area contributed by atoms with Crippen molar-refractivity contribution in [2.24, 2.45) is 0 Å². The highest BCUT2D eigenvalue weighted by molar-refractivity contribution is 8.76. The average molecular weight is 659 g/mol. The third-order valence-corrected chi connectivity index (χ3v) is 12.5. The van der Waals surface area contributed by atoms with Crippen molar-refractivity contribution in [3.63, 3.8) is 0 Å². The molecule has 6 heteroatoms. The molecule has 4 aliphatic heterocycles. The fourth-order valence-corrected chi connectivity index (χ4v) is 10.1. The molecule has 0 saturated carbocycles. The van der Waals surface area contributed by atoms with Gasteiger partial charge in [-0.2, -0.15) is 9.13 Å². The van der Waals surface area contributed by atoms with E-state index in [-0.39, 0.29) is 0 Å². The van der Waals surface area contributed by atoms with Crippen molar-refractivity contribution in [3.05, 3.63) is 118 Å². The lowest BCUT2D eigenvalue weighted by atomic mass is 9.90. The minimum absolute atomic E-state index is 0.930. The fraction of sp³-hybridized carbons (Fsp3) is 0.366. The van der Waals surface area contributed by atoms with E-state index in [4.69, 9.17) is 0 Å². The van der Waals surface area contributed by atoms with Crippen molar-refractivity contribution in [2.75, 3.05) is 41.7 Å². The van der Waals surface area contributed by atoms with Gasteiger partial charge in [0.2, 0.25) is 17.3 Å². The quantitative estimate of drug-likeness (QED) is 0.0973. The summed E-state index contributed by atoms with van der Waals surface area (Å²) in [5.74, 6) is 1.99. The van der Waals surface area contributed by atoms with Crippen molar-refractivity contribution in [1.82, 2.24) is 0 Å². The van der Waals surface area contributed by atoms with E-state index in [0.717, 1.165) is 18.2 Å². The van der Waals surface area contributed by atoms with Gasteiger partial charge in [0.25, 0.3) is 0 Å². The Labute approximate surface area is 288 Å². The number of aromatic nitrogens is 2. The van der Waals surface area contributed by atoms with Gasteiger partial charge in [0.1, 0.15) is 0 Å². The van der Waals surface area contributed by atoms with Crippen LogP contribution in [0.4, 0.5) is 11.4 Å². The lowest BCUT2D eigenvalue weighted by Gasteiger charge is -2.37. The third kappa shape index (κ3) is 6.91. The van der Waals surface area contributed by atoms with Gasteiger partial charge in [-0.15, -0.1) is 0 Å². The van der Waals surface area contributed by atoms with Crippen LogP contribution in [0.1, 0.15) is 70.5 Å². The second-order valence-electron chi connectivity index (χ2n) is 13.4. The van der Waals surface area contributed by atoms with E-state index in [1.165, 1.54) is 100 Å². The van der Waals surface area contributed by atoms with Crippen LogP contribution in [-0.4, -0.2) is 31.9 Å². The first-order valence-corrected chi connectivity index (χ1v) is 20.2. The van der Waals surface area contributed by atoms with Gasteiger partial charge in [0, 0.05) is 74.0 Å². The van der Waals surface area contributed by atoms with Crippen molar-refractivity contribution in [1.29, 1.82) is 0 Å². The zero-order chi connectivity index (χ0) is 31.4. The molecule has 0 saturated heterocycles. The lowest BCUT2D eigenvalue weighted by molar-refractivity contribution is -0.694. The van der Waals surface area contributed by atoms with Crippen LogP contribution >= 0.6 is 21.6 Å². The van der Waals surface area contributed by atoms with E-state index in [0.29, 0.717) is 0 Å². The Bertz CT molecular complexity index is 1620. The summed E-state index contributed by atoms with van der Waals surface area (Å²) in [6, 6.07) is 22.8. The van der Waals surface area contributed by atoms with Crippen LogP contribution in [0.25, 0.3) is 24.3 Å². The van der Waals surface area contributed by atoms with Crippen LogP contribution in [0.2, 0.25) is 0 Å². The Balaban J connectivity index is 0.878. The maximum atomic E-state index is 2.62. The minimum atomic E-state index is 0.930. The summed E-state index contributed by atoms with van der Waals surface area (Å²) in [7, 11) is 3.90. The van der Waals surface area contributed by atoms with Gasteiger partial charge < -0.3 is 9.80 Å². The van der Waals surface area contributed by atoms with E-state index in [2.05, 4.69) is 116 Å². The van der Waals surface area contributed by atoms with Crippen molar-refractivity contribution in [2.45, 2.75) is 63.8 Å². The lowest BCUT2D eigenvalue weighted by Crippen LogP contribution is -2.37. The molecule has 4 aromatic rings.